The fraction of sp³-hybridized carbons (Fsp3) is 0.455. The summed E-state index contributed by atoms with van der Waals surface area (Å²) >= 11 is 11.9. The van der Waals surface area contributed by atoms with Crippen LogP contribution in [0.2, 0.25) is 5.02 Å². The Balaban J connectivity index is 1.86. The van der Waals surface area contributed by atoms with Crippen molar-refractivity contribution in [2.45, 2.75) is 38.3 Å². The second kappa shape index (κ2) is 8.91. The molecule has 33 heavy (non-hydrogen) atoms. The van der Waals surface area contributed by atoms with E-state index in [4.69, 9.17) is 23.2 Å². The Hall–Kier alpha value is -2.13. The number of halogens is 7. The molecule has 1 amide bonds. The van der Waals surface area contributed by atoms with Gasteiger partial charge in [0.05, 0.1) is 22.5 Å². The standard InChI is InChI=1S/C22H20Cl2F5NO3/c1-11(22(27,28)29)17(13-3-5-14(23)6-4-13)18(31)30-16-8-12(2-7-15(16)24)9-20(19(32)33)10-21(20,25)26/h2-3,5-8,11,13,17H,4,9-10H2,1H3,(H,30,31)(H,32,33)/t11-,13?,17+,20?/m1/s1. The number of hydrogen-bond acceptors (Lipinski definition) is 2. The first kappa shape index (κ1) is 25.5. The highest BCUT2D eigenvalue weighted by Gasteiger charge is 2.76. The normalized spacial score (nSPS) is 25.7. The van der Waals surface area contributed by atoms with Crippen molar-refractivity contribution in [3.63, 3.8) is 0 Å². The molecule has 2 N–H and O–H groups in total. The minimum absolute atomic E-state index is 0.0282. The molecule has 2 unspecified atom stereocenters. The second-order valence-corrected chi connectivity index (χ2v) is 9.30. The van der Waals surface area contributed by atoms with Crippen LogP contribution in [-0.2, 0) is 16.0 Å². The Morgan fingerprint density at radius 2 is 1.91 bits per heavy atom. The van der Waals surface area contributed by atoms with Gasteiger partial charge in [-0.15, -0.1) is 0 Å². The number of amides is 1. The number of carboxylic acid groups (broad SMARTS) is 1. The van der Waals surface area contributed by atoms with Gasteiger partial charge in [0.1, 0.15) is 5.41 Å². The Labute approximate surface area is 196 Å². The molecule has 1 fully saturated rings. The average molecular weight is 512 g/mol. The first-order valence-electron chi connectivity index (χ1n) is 9.99. The number of hydrogen-bond donors (Lipinski definition) is 2. The molecule has 0 aromatic heterocycles. The maximum atomic E-state index is 13.7. The first-order valence-corrected chi connectivity index (χ1v) is 10.7. The van der Waals surface area contributed by atoms with Crippen molar-refractivity contribution in [3.05, 3.63) is 52.0 Å². The third-order valence-electron chi connectivity index (χ3n) is 6.21. The van der Waals surface area contributed by atoms with E-state index in [0.29, 0.717) is 5.03 Å². The third-order valence-corrected chi connectivity index (χ3v) is 6.82. The van der Waals surface area contributed by atoms with Crippen LogP contribution >= 0.6 is 23.2 Å². The molecule has 0 radical (unpaired) electrons. The van der Waals surface area contributed by atoms with E-state index >= 15 is 0 Å². The summed E-state index contributed by atoms with van der Waals surface area (Å²) < 4.78 is 68.0. The lowest BCUT2D eigenvalue weighted by Crippen LogP contribution is -2.40. The number of nitrogens with one attached hydrogen (secondary N) is 1. The second-order valence-electron chi connectivity index (χ2n) is 8.45. The topological polar surface area (TPSA) is 66.4 Å². The molecule has 4 nitrogen and oxygen atoms in total. The fourth-order valence-electron chi connectivity index (χ4n) is 4.05. The maximum Gasteiger partial charge on any atom is 0.392 e. The van der Waals surface area contributed by atoms with Gasteiger partial charge in [-0.25, -0.2) is 8.78 Å². The molecule has 1 aromatic rings. The Kier molecular flexibility index (Phi) is 6.88. The number of carbonyl (C=O) groups excluding carboxylic acids is 1. The lowest BCUT2D eigenvalue weighted by atomic mass is 9.78. The number of rotatable bonds is 7. The lowest BCUT2D eigenvalue weighted by Gasteiger charge is -2.31. The molecule has 11 heteroatoms. The van der Waals surface area contributed by atoms with Crippen LogP contribution in [0.5, 0.6) is 0 Å². The minimum Gasteiger partial charge on any atom is -0.481 e. The number of carbonyl (C=O) groups is 2. The zero-order valence-electron chi connectivity index (χ0n) is 17.2. The van der Waals surface area contributed by atoms with Crippen LogP contribution < -0.4 is 5.32 Å². The molecule has 0 heterocycles. The van der Waals surface area contributed by atoms with Crippen LogP contribution in [0.3, 0.4) is 0 Å². The highest BCUT2D eigenvalue weighted by atomic mass is 35.5. The molecule has 1 aromatic carbocycles. The predicted octanol–water partition coefficient (Wildman–Crippen LogP) is 6.44. The first-order chi connectivity index (χ1) is 15.2. The Bertz CT molecular complexity index is 1020. The van der Waals surface area contributed by atoms with E-state index in [1.807, 2.05) is 0 Å². The van der Waals surface area contributed by atoms with E-state index in [1.165, 1.54) is 36.4 Å². The van der Waals surface area contributed by atoms with Crippen molar-refractivity contribution < 1.29 is 36.6 Å². The van der Waals surface area contributed by atoms with Gasteiger partial charge in [0.2, 0.25) is 5.91 Å². The Morgan fingerprint density at radius 1 is 1.27 bits per heavy atom. The van der Waals surface area contributed by atoms with Crippen LogP contribution in [-0.4, -0.2) is 29.1 Å². The number of benzene rings is 1. The van der Waals surface area contributed by atoms with Gasteiger partial charge in [0.25, 0.3) is 5.92 Å². The van der Waals surface area contributed by atoms with Crippen LogP contribution in [0.1, 0.15) is 25.3 Å². The summed E-state index contributed by atoms with van der Waals surface area (Å²) in [7, 11) is 0. The zero-order valence-corrected chi connectivity index (χ0v) is 18.7. The Morgan fingerprint density at radius 3 is 2.39 bits per heavy atom. The summed E-state index contributed by atoms with van der Waals surface area (Å²) in [5.74, 6) is -10.3. The van der Waals surface area contributed by atoms with Gasteiger partial charge in [-0.1, -0.05) is 48.3 Å². The highest BCUT2D eigenvalue weighted by molar-refractivity contribution is 6.33. The predicted molar refractivity (Wildman–Crippen MR) is 113 cm³/mol. The van der Waals surface area contributed by atoms with Crippen molar-refractivity contribution in [1.82, 2.24) is 0 Å². The summed E-state index contributed by atoms with van der Waals surface area (Å²) in [5, 5.41) is 11.9. The van der Waals surface area contributed by atoms with Crippen LogP contribution in [0.4, 0.5) is 27.6 Å². The van der Waals surface area contributed by atoms with Crippen molar-refractivity contribution in [1.29, 1.82) is 0 Å². The molecular formula is C22H20Cl2F5NO3. The van der Waals surface area contributed by atoms with E-state index in [2.05, 4.69) is 5.32 Å². The SMILES string of the molecule is C[C@H]([C@H](C(=O)Nc1cc(CC2(C(=O)O)CC2(F)F)ccc1Cl)C1C=CC(Cl)=CC1)C(F)(F)F. The zero-order chi connectivity index (χ0) is 24.8. The van der Waals surface area contributed by atoms with Crippen LogP contribution in [0.25, 0.3) is 0 Å². The van der Waals surface area contributed by atoms with Crippen molar-refractivity contribution in [2.75, 3.05) is 5.32 Å². The molecule has 0 bridgehead atoms. The summed E-state index contributed by atoms with van der Waals surface area (Å²) in [6, 6.07) is 3.82. The van der Waals surface area contributed by atoms with Gasteiger partial charge >= 0.3 is 12.1 Å². The van der Waals surface area contributed by atoms with E-state index in [-0.39, 0.29) is 22.7 Å². The molecule has 2 aliphatic rings. The molecule has 4 atom stereocenters. The van der Waals surface area contributed by atoms with Crippen LogP contribution in [0, 0.1) is 23.2 Å². The fourth-order valence-corrected chi connectivity index (χ4v) is 4.38. The molecule has 0 aliphatic heterocycles. The summed E-state index contributed by atoms with van der Waals surface area (Å²) in [5.41, 5.74) is -2.19. The quantitative estimate of drug-likeness (QED) is 0.413. The van der Waals surface area contributed by atoms with Gasteiger partial charge in [-0.3, -0.25) is 9.59 Å². The maximum absolute atomic E-state index is 13.7. The van der Waals surface area contributed by atoms with Gasteiger partial charge in [0.15, 0.2) is 0 Å². The number of carboxylic acids is 1. The van der Waals surface area contributed by atoms with E-state index in [9.17, 15) is 36.6 Å². The van der Waals surface area contributed by atoms with Gasteiger partial charge < -0.3 is 10.4 Å². The molecular weight excluding hydrogens is 492 g/mol. The number of allylic oxidation sites excluding steroid dienone is 4. The van der Waals surface area contributed by atoms with Gasteiger partial charge in [-0.05, 0) is 42.5 Å². The average Bonchev–Trinajstić information content (AvgIpc) is 3.27. The molecule has 180 valence electrons. The minimum atomic E-state index is -4.65. The summed E-state index contributed by atoms with van der Waals surface area (Å²) in [6.45, 7) is 0.905. The van der Waals surface area contributed by atoms with E-state index < -0.39 is 60.0 Å². The smallest absolute Gasteiger partial charge is 0.392 e. The number of aliphatic carboxylic acids is 1. The number of anilines is 1. The van der Waals surface area contributed by atoms with Crippen molar-refractivity contribution in [2.24, 2.45) is 23.2 Å². The number of alkyl halides is 5. The molecule has 1 saturated carbocycles. The monoisotopic (exact) mass is 511 g/mol. The molecule has 2 aliphatic carbocycles. The summed E-state index contributed by atoms with van der Waals surface area (Å²) in [6.07, 6.45) is -1.49. The summed E-state index contributed by atoms with van der Waals surface area (Å²) in [4.78, 5) is 24.4. The van der Waals surface area contributed by atoms with E-state index in [0.717, 1.165) is 6.92 Å². The van der Waals surface area contributed by atoms with Gasteiger partial charge in [-0.2, -0.15) is 13.2 Å². The van der Waals surface area contributed by atoms with Crippen molar-refractivity contribution >= 4 is 40.8 Å². The van der Waals surface area contributed by atoms with E-state index in [1.54, 1.807) is 0 Å². The highest BCUT2D eigenvalue weighted by Crippen LogP contribution is 2.62. The largest absolute Gasteiger partial charge is 0.481 e. The van der Waals surface area contributed by atoms with Crippen molar-refractivity contribution in [3.8, 4) is 0 Å². The lowest BCUT2D eigenvalue weighted by molar-refractivity contribution is -0.188. The molecule has 0 spiro atoms. The van der Waals surface area contributed by atoms with Gasteiger partial charge in [0, 0.05) is 11.5 Å². The van der Waals surface area contributed by atoms with Crippen LogP contribution in [0.15, 0.2) is 41.5 Å². The molecule has 0 saturated heterocycles. The molecule has 3 rings (SSSR count). The third kappa shape index (κ3) is 5.19.